The van der Waals surface area contributed by atoms with Gasteiger partial charge in [-0.3, -0.25) is 4.79 Å². The Morgan fingerprint density at radius 3 is 2.27 bits per heavy atom. The summed E-state index contributed by atoms with van der Waals surface area (Å²) in [6.07, 6.45) is 0.737. The summed E-state index contributed by atoms with van der Waals surface area (Å²) in [7, 11) is 0. The highest BCUT2D eigenvalue weighted by molar-refractivity contribution is 5.72. The molecule has 0 aromatic heterocycles. The topological polar surface area (TPSA) is 110 Å². The first-order valence-corrected chi connectivity index (χ1v) is 3.42. The fourth-order valence-electron chi connectivity index (χ4n) is 0.608. The molecule has 0 amide bonds. The predicted octanol–water partition coefficient (Wildman–Crippen LogP) is -1.50. The van der Waals surface area contributed by atoms with Crippen LogP contribution in [0.25, 0.3) is 0 Å². The molecule has 0 radical (unpaired) electrons. The number of nitrogens with two attached hydrogens (primary N) is 2. The zero-order valence-electron chi connectivity index (χ0n) is 6.23. The highest BCUT2D eigenvalue weighted by Crippen LogP contribution is 1.97. The lowest BCUT2D eigenvalue weighted by Crippen LogP contribution is -2.33. The number of aliphatic hydroxyl groups excluding tert-OH is 1. The third-order valence-electron chi connectivity index (χ3n) is 1.40. The number of hydrogen-bond donors (Lipinski definition) is 4. The summed E-state index contributed by atoms with van der Waals surface area (Å²) in [5.41, 5.74) is 10.5. The number of carbonyl (C=O) groups is 1. The largest absolute Gasteiger partial charge is 0.480 e. The average molecular weight is 162 g/mol. The molecule has 66 valence electrons. The number of hydrogen-bond acceptors (Lipinski definition) is 4. The van der Waals surface area contributed by atoms with Crippen molar-refractivity contribution in [3.63, 3.8) is 0 Å². The van der Waals surface area contributed by atoms with E-state index < -0.39 is 12.0 Å². The number of rotatable bonds is 5. The van der Waals surface area contributed by atoms with Gasteiger partial charge in [0, 0.05) is 6.04 Å². The molecule has 0 bridgehead atoms. The van der Waals surface area contributed by atoms with Crippen LogP contribution in [0.15, 0.2) is 0 Å². The molecular formula is C6H14N2O3. The Morgan fingerprint density at radius 2 is 1.91 bits per heavy atom. The monoisotopic (exact) mass is 162 g/mol. The highest BCUT2D eigenvalue weighted by atomic mass is 16.4. The maximum Gasteiger partial charge on any atom is 0.320 e. The van der Waals surface area contributed by atoms with Crippen LogP contribution in [-0.2, 0) is 4.79 Å². The summed E-state index contributed by atoms with van der Waals surface area (Å²) >= 11 is 0. The van der Waals surface area contributed by atoms with Gasteiger partial charge in [0.1, 0.15) is 6.04 Å². The Balaban J connectivity index is 3.45. The molecule has 0 aliphatic rings. The van der Waals surface area contributed by atoms with E-state index in [2.05, 4.69) is 0 Å². The summed E-state index contributed by atoms with van der Waals surface area (Å²) in [4.78, 5) is 10.2. The van der Waals surface area contributed by atoms with Crippen molar-refractivity contribution in [2.45, 2.75) is 24.9 Å². The molecule has 0 fully saturated rings. The van der Waals surface area contributed by atoms with Crippen molar-refractivity contribution in [3.8, 4) is 0 Å². The van der Waals surface area contributed by atoms with Crippen LogP contribution in [0.1, 0.15) is 12.8 Å². The van der Waals surface area contributed by atoms with Gasteiger partial charge in [0.2, 0.25) is 0 Å². The van der Waals surface area contributed by atoms with Crippen LogP contribution in [0.2, 0.25) is 0 Å². The fourth-order valence-corrected chi connectivity index (χ4v) is 0.608. The molecule has 5 nitrogen and oxygen atoms in total. The molecule has 5 heteroatoms. The van der Waals surface area contributed by atoms with Crippen LogP contribution < -0.4 is 11.5 Å². The highest BCUT2D eigenvalue weighted by Gasteiger charge is 2.12. The van der Waals surface area contributed by atoms with Crippen LogP contribution in [0, 0.1) is 0 Å². The van der Waals surface area contributed by atoms with Gasteiger partial charge in [-0.25, -0.2) is 0 Å². The van der Waals surface area contributed by atoms with E-state index in [0.717, 1.165) is 0 Å². The van der Waals surface area contributed by atoms with Crippen molar-refractivity contribution in [2.24, 2.45) is 11.5 Å². The molecule has 0 spiro atoms. The van der Waals surface area contributed by atoms with Gasteiger partial charge in [0.25, 0.3) is 0 Å². The van der Waals surface area contributed by atoms with E-state index in [1.54, 1.807) is 0 Å². The van der Waals surface area contributed by atoms with Gasteiger partial charge in [0.05, 0.1) is 6.61 Å². The average Bonchev–Trinajstić information content (AvgIpc) is 1.99. The van der Waals surface area contributed by atoms with Crippen molar-refractivity contribution >= 4 is 5.97 Å². The minimum absolute atomic E-state index is 0.133. The van der Waals surface area contributed by atoms with Gasteiger partial charge in [-0.05, 0) is 12.8 Å². The SMILES string of the molecule is NC(CO)CCC(N)C(=O)O. The molecular weight excluding hydrogens is 148 g/mol. The van der Waals surface area contributed by atoms with Crippen molar-refractivity contribution < 1.29 is 15.0 Å². The molecule has 11 heavy (non-hydrogen) atoms. The molecule has 0 heterocycles. The van der Waals surface area contributed by atoms with E-state index in [1.165, 1.54) is 0 Å². The summed E-state index contributed by atoms with van der Waals surface area (Å²) in [6, 6.07) is -1.23. The first-order valence-electron chi connectivity index (χ1n) is 3.42. The minimum atomic E-state index is -1.03. The van der Waals surface area contributed by atoms with Crippen molar-refractivity contribution in [2.75, 3.05) is 6.61 Å². The second kappa shape index (κ2) is 5.06. The smallest absolute Gasteiger partial charge is 0.320 e. The normalized spacial score (nSPS) is 15.9. The summed E-state index contributed by atoms with van der Waals surface area (Å²) in [5.74, 6) is -1.03. The zero-order chi connectivity index (χ0) is 8.85. The molecule has 2 atom stereocenters. The van der Waals surface area contributed by atoms with Gasteiger partial charge in [-0.2, -0.15) is 0 Å². The van der Waals surface area contributed by atoms with Crippen LogP contribution >= 0.6 is 0 Å². The molecule has 0 saturated carbocycles. The van der Waals surface area contributed by atoms with Crippen LogP contribution in [0.5, 0.6) is 0 Å². The lowest BCUT2D eigenvalue weighted by Gasteiger charge is -2.09. The number of aliphatic carboxylic acids is 1. The summed E-state index contributed by atoms with van der Waals surface area (Å²) in [6.45, 7) is -0.133. The van der Waals surface area contributed by atoms with E-state index in [0.29, 0.717) is 12.8 Å². The van der Waals surface area contributed by atoms with Crippen LogP contribution in [0.4, 0.5) is 0 Å². The molecule has 6 N–H and O–H groups in total. The van der Waals surface area contributed by atoms with E-state index in [1.807, 2.05) is 0 Å². The van der Waals surface area contributed by atoms with Crippen molar-refractivity contribution in [1.82, 2.24) is 0 Å². The Bertz CT molecular complexity index is 129. The number of carboxylic acid groups (broad SMARTS) is 1. The molecule has 0 aliphatic carbocycles. The van der Waals surface area contributed by atoms with Crippen LogP contribution in [0.3, 0.4) is 0 Å². The lowest BCUT2D eigenvalue weighted by atomic mass is 10.1. The molecule has 0 aliphatic heterocycles. The molecule has 0 aromatic carbocycles. The van der Waals surface area contributed by atoms with Gasteiger partial charge in [-0.15, -0.1) is 0 Å². The van der Waals surface area contributed by atoms with Gasteiger partial charge in [0.15, 0.2) is 0 Å². The minimum Gasteiger partial charge on any atom is -0.480 e. The predicted molar refractivity (Wildman–Crippen MR) is 39.9 cm³/mol. The zero-order valence-corrected chi connectivity index (χ0v) is 6.23. The van der Waals surface area contributed by atoms with E-state index in [4.69, 9.17) is 21.7 Å². The van der Waals surface area contributed by atoms with Gasteiger partial charge >= 0.3 is 5.97 Å². The fraction of sp³-hybridized carbons (Fsp3) is 0.833. The van der Waals surface area contributed by atoms with E-state index in [9.17, 15) is 4.79 Å². The molecule has 0 rings (SSSR count). The number of aliphatic hydroxyl groups is 1. The standard InChI is InChI=1S/C6H14N2O3/c7-4(3-9)1-2-5(8)6(10)11/h4-5,9H,1-3,7-8H2,(H,10,11). The number of carboxylic acids is 1. The third-order valence-corrected chi connectivity index (χ3v) is 1.40. The van der Waals surface area contributed by atoms with Gasteiger partial charge in [-0.1, -0.05) is 0 Å². The maximum absolute atomic E-state index is 10.2. The van der Waals surface area contributed by atoms with Crippen molar-refractivity contribution in [1.29, 1.82) is 0 Å². The Hall–Kier alpha value is -0.650. The first-order chi connectivity index (χ1) is 5.07. The summed E-state index contributed by atoms with van der Waals surface area (Å²) in [5, 5.41) is 16.8. The van der Waals surface area contributed by atoms with E-state index >= 15 is 0 Å². The molecule has 0 saturated heterocycles. The summed E-state index contributed by atoms with van der Waals surface area (Å²) < 4.78 is 0. The van der Waals surface area contributed by atoms with Crippen molar-refractivity contribution in [3.05, 3.63) is 0 Å². The third kappa shape index (κ3) is 4.72. The lowest BCUT2D eigenvalue weighted by molar-refractivity contribution is -0.138. The Morgan fingerprint density at radius 1 is 1.36 bits per heavy atom. The second-order valence-corrected chi connectivity index (χ2v) is 2.46. The Kier molecular flexibility index (Phi) is 4.76. The van der Waals surface area contributed by atoms with Crippen LogP contribution in [-0.4, -0.2) is 34.9 Å². The second-order valence-electron chi connectivity index (χ2n) is 2.46. The maximum atomic E-state index is 10.2. The molecule has 2 unspecified atom stereocenters. The Labute approximate surface area is 65.0 Å². The quantitative estimate of drug-likeness (QED) is 0.393. The molecule has 0 aromatic rings. The first kappa shape index (κ1) is 10.3. The van der Waals surface area contributed by atoms with Gasteiger partial charge < -0.3 is 21.7 Å². The van der Waals surface area contributed by atoms with E-state index in [-0.39, 0.29) is 12.6 Å².